The fraction of sp³-hybridized carbons (Fsp3) is 0.368. The number of aliphatic hydroxyl groups excluding tert-OH is 2. The summed E-state index contributed by atoms with van der Waals surface area (Å²) in [6, 6.07) is 13.5. The molecule has 0 radical (unpaired) electrons. The molecular weight excluding hydrogens is 308 g/mol. The molecule has 4 atom stereocenters. The van der Waals surface area contributed by atoms with E-state index in [9.17, 15) is 20.4 Å². The van der Waals surface area contributed by atoms with E-state index in [0.717, 1.165) is 17.5 Å². The molecule has 0 amide bonds. The highest BCUT2D eigenvalue weighted by Gasteiger charge is 2.37. The smallest absolute Gasteiger partial charge is 0.115 e. The average Bonchev–Trinajstić information content (AvgIpc) is 2.58. The van der Waals surface area contributed by atoms with Crippen molar-refractivity contribution in [2.45, 2.75) is 43.7 Å². The first-order chi connectivity index (χ1) is 11.5. The summed E-state index contributed by atoms with van der Waals surface area (Å²) in [6.07, 6.45) is -0.760. The quantitative estimate of drug-likeness (QED) is 0.690. The lowest BCUT2D eigenvalue weighted by molar-refractivity contribution is -0.172. The van der Waals surface area contributed by atoms with Gasteiger partial charge in [-0.2, -0.15) is 0 Å². The highest BCUT2D eigenvalue weighted by Crippen LogP contribution is 2.34. The molecule has 0 unspecified atom stereocenters. The summed E-state index contributed by atoms with van der Waals surface area (Å²) in [6.45, 7) is 0. The molecule has 5 nitrogen and oxygen atoms in total. The largest absolute Gasteiger partial charge is 0.508 e. The minimum Gasteiger partial charge on any atom is -0.508 e. The van der Waals surface area contributed by atoms with Gasteiger partial charge in [0.25, 0.3) is 0 Å². The van der Waals surface area contributed by atoms with Gasteiger partial charge in [-0.15, -0.1) is 0 Å². The van der Waals surface area contributed by atoms with Gasteiger partial charge in [-0.05, 0) is 48.2 Å². The van der Waals surface area contributed by atoms with Crippen LogP contribution in [0, 0.1) is 0 Å². The number of aromatic hydroxyl groups is 2. The van der Waals surface area contributed by atoms with E-state index in [2.05, 4.69) is 0 Å². The molecule has 0 aromatic heterocycles. The van der Waals surface area contributed by atoms with Crippen LogP contribution in [0.2, 0.25) is 0 Å². The van der Waals surface area contributed by atoms with Crippen LogP contribution in [0.1, 0.15) is 30.1 Å². The van der Waals surface area contributed by atoms with Gasteiger partial charge in [-0.3, -0.25) is 0 Å². The molecule has 128 valence electrons. The standard InChI is InChI=1S/C19H22O5/c20-14-6-1-12(2-7-14)3-10-16-11-17(22)18(23)19(24-16)13-4-8-15(21)9-5-13/h1-2,4-9,16-23H,3,10-11H2/t16-,17+,18+,19+/m0/s1. The zero-order valence-corrected chi connectivity index (χ0v) is 13.2. The van der Waals surface area contributed by atoms with Gasteiger partial charge in [-0.1, -0.05) is 24.3 Å². The lowest BCUT2D eigenvalue weighted by atomic mass is 9.91. The highest BCUT2D eigenvalue weighted by atomic mass is 16.5. The molecule has 1 saturated heterocycles. The Morgan fingerprint density at radius 3 is 2.08 bits per heavy atom. The Morgan fingerprint density at radius 2 is 1.46 bits per heavy atom. The summed E-state index contributed by atoms with van der Waals surface area (Å²) in [5.41, 5.74) is 1.81. The van der Waals surface area contributed by atoms with Crippen molar-refractivity contribution in [3.8, 4) is 11.5 Å². The molecule has 2 aromatic carbocycles. The Labute approximate surface area is 140 Å². The Balaban J connectivity index is 1.66. The van der Waals surface area contributed by atoms with Gasteiger partial charge < -0.3 is 25.2 Å². The van der Waals surface area contributed by atoms with E-state index in [0.29, 0.717) is 12.8 Å². The van der Waals surface area contributed by atoms with Crippen LogP contribution >= 0.6 is 0 Å². The predicted octanol–water partition coefficient (Wildman–Crippen LogP) is 2.28. The number of benzene rings is 2. The first kappa shape index (κ1) is 16.8. The van der Waals surface area contributed by atoms with Gasteiger partial charge in [0.2, 0.25) is 0 Å². The lowest BCUT2D eigenvalue weighted by Crippen LogP contribution is -2.43. The zero-order valence-electron chi connectivity index (χ0n) is 13.2. The normalized spacial score (nSPS) is 27.1. The van der Waals surface area contributed by atoms with Crippen LogP contribution < -0.4 is 0 Å². The summed E-state index contributed by atoms with van der Waals surface area (Å²) < 4.78 is 6.00. The highest BCUT2D eigenvalue weighted by molar-refractivity contribution is 5.29. The third-order valence-electron chi connectivity index (χ3n) is 4.46. The Hall–Kier alpha value is -2.08. The summed E-state index contributed by atoms with van der Waals surface area (Å²) in [4.78, 5) is 0. The van der Waals surface area contributed by atoms with E-state index in [4.69, 9.17) is 4.74 Å². The number of rotatable bonds is 4. The van der Waals surface area contributed by atoms with Gasteiger partial charge in [0.05, 0.1) is 12.2 Å². The number of phenols is 2. The van der Waals surface area contributed by atoms with Crippen LogP contribution in [0.4, 0.5) is 0 Å². The molecule has 1 heterocycles. The number of aliphatic hydroxyl groups is 2. The second-order valence-electron chi connectivity index (χ2n) is 6.27. The maximum atomic E-state index is 10.2. The Kier molecular flexibility index (Phi) is 5.04. The first-order valence-electron chi connectivity index (χ1n) is 8.11. The molecule has 3 rings (SSSR count). The Bertz CT molecular complexity index is 652. The second-order valence-corrected chi connectivity index (χ2v) is 6.27. The monoisotopic (exact) mass is 330 g/mol. The number of hydrogen-bond acceptors (Lipinski definition) is 5. The van der Waals surface area contributed by atoms with Crippen LogP contribution in [0.3, 0.4) is 0 Å². The molecule has 1 aliphatic rings. The molecule has 5 heteroatoms. The lowest BCUT2D eigenvalue weighted by Gasteiger charge is -2.37. The molecule has 0 bridgehead atoms. The molecule has 4 N–H and O–H groups in total. The molecule has 0 aliphatic carbocycles. The predicted molar refractivity (Wildman–Crippen MR) is 88.8 cm³/mol. The van der Waals surface area contributed by atoms with E-state index in [-0.39, 0.29) is 17.6 Å². The van der Waals surface area contributed by atoms with Crippen LogP contribution in [-0.4, -0.2) is 38.7 Å². The van der Waals surface area contributed by atoms with Crippen molar-refractivity contribution in [2.75, 3.05) is 0 Å². The van der Waals surface area contributed by atoms with Gasteiger partial charge in [0.15, 0.2) is 0 Å². The number of ether oxygens (including phenoxy) is 1. The van der Waals surface area contributed by atoms with Gasteiger partial charge in [-0.25, -0.2) is 0 Å². The zero-order chi connectivity index (χ0) is 17.1. The van der Waals surface area contributed by atoms with E-state index >= 15 is 0 Å². The SMILES string of the molecule is Oc1ccc(CC[C@H]2C[C@@H](O)[C@@H](O)[C@@H](c3ccc(O)cc3)O2)cc1. The third-order valence-corrected chi connectivity index (χ3v) is 4.46. The summed E-state index contributed by atoms with van der Waals surface area (Å²) in [5, 5.41) is 39.1. The van der Waals surface area contributed by atoms with E-state index in [1.54, 1.807) is 24.3 Å². The molecule has 0 saturated carbocycles. The van der Waals surface area contributed by atoms with Gasteiger partial charge in [0, 0.05) is 6.42 Å². The minimum atomic E-state index is -0.987. The summed E-state index contributed by atoms with van der Waals surface area (Å²) in [7, 11) is 0. The molecule has 1 fully saturated rings. The molecule has 24 heavy (non-hydrogen) atoms. The number of hydrogen-bond donors (Lipinski definition) is 4. The minimum absolute atomic E-state index is 0.147. The van der Waals surface area contributed by atoms with Crippen LogP contribution in [0.5, 0.6) is 11.5 Å². The number of aryl methyl sites for hydroxylation is 1. The summed E-state index contributed by atoms with van der Waals surface area (Å²) >= 11 is 0. The van der Waals surface area contributed by atoms with Crippen LogP contribution in [-0.2, 0) is 11.2 Å². The summed E-state index contributed by atoms with van der Waals surface area (Å²) in [5.74, 6) is 0.382. The van der Waals surface area contributed by atoms with E-state index in [1.807, 2.05) is 12.1 Å². The van der Waals surface area contributed by atoms with Gasteiger partial charge >= 0.3 is 0 Å². The fourth-order valence-electron chi connectivity index (χ4n) is 3.07. The Morgan fingerprint density at radius 1 is 0.875 bits per heavy atom. The molecule has 0 spiro atoms. The van der Waals surface area contributed by atoms with Crippen molar-refractivity contribution in [1.82, 2.24) is 0 Å². The van der Waals surface area contributed by atoms with Gasteiger partial charge in [0.1, 0.15) is 23.7 Å². The van der Waals surface area contributed by atoms with Crippen LogP contribution in [0.15, 0.2) is 48.5 Å². The molecular formula is C19H22O5. The van der Waals surface area contributed by atoms with Crippen molar-refractivity contribution in [3.63, 3.8) is 0 Å². The maximum Gasteiger partial charge on any atom is 0.115 e. The van der Waals surface area contributed by atoms with Crippen molar-refractivity contribution >= 4 is 0 Å². The fourth-order valence-corrected chi connectivity index (χ4v) is 3.07. The second kappa shape index (κ2) is 7.21. The third kappa shape index (κ3) is 3.87. The van der Waals surface area contributed by atoms with Crippen molar-refractivity contribution in [2.24, 2.45) is 0 Å². The number of phenolic OH excluding ortho intramolecular Hbond substituents is 2. The van der Waals surface area contributed by atoms with E-state index in [1.165, 1.54) is 12.1 Å². The van der Waals surface area contributed by atoms with Crippen molar-refractivity contribution in [1.29, 1.82) is 0 Å². The van der Waals surface area contributed by atoms with Crippen molar-refractivity contribution < 1.29 is 25.2 Å². The average molecular weight is 330 g/mol. The molecule has 2 aromatic rings. The maximum absolute atomic E-state index is 10.2. The topological polar surface area (TPSA) is 90.2 Å². The first-order valence-corrected chi connectivity index (χ1v) is 8.11. The van der Waals surface area contributed by atoms with E-state index < -0.39 is 18.3 Å². The van der Waals surface area contributed by atoms with Crippen molar-refractivity contribution in [3.05, 3.63) is 59.7 Å². The van der Waals surface area contributed by atoms with Crippen LogP contribution in [0.25, 0.3) is 0 Å². The molecule has 1 aliphatic heterocycles.